The van der Waals surface area contributed by atoms with Crippen molar-refractivity contribution in [3.05, 3.63) is 36.0 Å². The molecule has 0 aliphatic heterocycles. The number of anilines is 1. The van der Waals surface area contributed by atoms with E-state index >= 15 is 0 Å². The van der Waals surface area contributed by atoms with Crippen LogP contribution in [-0.4, -0.2) is 16.4 Å². The van der Waals surface area contributed by atoms with E-state index < -0.39 is 0 Å². The second-order valence-corrected chi connectivity index (χ2v) is 4.50. The molecule has 0 amide bonds. The van der Waals surface area contributed by atoms with Crippen LogP contribution < -0.4 is 10.5 Å². The Kier molecular flexibility index (Phi) is 4.44. The van der Waals surface area contributed by atoms with E-state index in [-0.39, 0.29) is 0 Å². The predicted octanol–water partition coefficient (Wildman–Crippen LogP) is 3.20. The summed E-state index contributed by atoms with van der Waals surface area (Å²) in [6.07, 6.45) is 3.28. The molecule has 19 heavy (non-hydrogen) atoms. The van der Waals surface area contributed by atoms with Gasteiger partial charge in [-0.2, -0.15) is 5.10 Å². The highest BCUT2D eigenvalue weighted by atomic mass is 16.5. The molecule has 2 aromatic rings. The first-order valence-electron chi connectivity index (χ1n) is 6.82. The lowest BCUT2D eigenvalue weighted by Crippen LogP contribution is -2.02. The van der Waals surface area contributed by atoms with Gasteiger partial charge in [0, 0.05) is 6.07 Å². The third-order valence-corrected chi connectivity index (χ3v) is 2.97. The molecule has 0 spiro atoms. The van der Waals surface area contributed by atoms with Crippen LogP contribution in [0.5, 0.6) is 5.75 Å². The van der Waals surface area contributed by atoms with E-state index in [0.717, 1.165) is 36.4 Å². The van der Waals surface area contributed by atoms with Gasteiger partial charge in [0.15, 0.2) is 0 Å². The molecule has 0 fully saturated rings. The van der Waals surface area contributed by atoms with Crippen molar-refractivity contribution in [3.8, 4) is 11.4 Å². The highest BCUT2D eigenvalue weighted by Gasteiger charge is 2.06. The Morgan fingerprint density at radius 3 is 2.58 bits per heavy atom. The molecule has 102 valence electrons. The quantitative estimate of drug-likeness (QED) is 0.866. The van der Waals surface area contributed by atoms with Crippen molar-refractivity contribution in [2.45, 2.75) is 33.1 Å². The number of aromatic nitrogens is 2. The molecule has 0 aliphatic rings. The minimum atomic E-state index is 0.671. The smallest absolute Gasteiger partial charge is 0.127 e. The Morgan fingerprint density at radius 2 is 1.95 bits per heavy atom. The number of unbranched alkanes of at least 4 members (excludes halogenated alkanes) is 1. The van der Waals surface area contributed by atoms with Gasteiger partial charge in [-0.05, 0) is 44.0 Å². The minimum absolute atomic E-state index is 0.671. The van der Waals surface area contributed by atoms with Gasteiger partial charge in [-0.1, -0.05) is 13.3 Å². The molecule has 4 nitrogen and oxygen atoms in total. The molecule has 4 heteroatoms. The standard InChI is InChI=1S/C15H21N3O/c1-3-5-6-12-11-15(16)18(17-12)13-7-9-14(10-8-13)19-4-2/h7-11H,3-6,16H2,1-2H3. The lowest BCUT2D eigenvalue weighted by molar-refractivity contribution is 0.340. The maximum Gasteiger partial charge on any atom is 0.127 e. The fourth-order valence-electron chi connectivity index (χ4n) is 1.98. The monoisotopic (exact) mass is 259 g/mol. The number of benzene rings is 1. The highest BCUT2D eigenvalue weighted by Crippen LogP contribution is 2.19. The first-order valence-corrected chi connectivity index (χ1v) is 6.82. The van der Waals surface area contributed by atoms with E-state index in [0.29, 0.717) is 12.4 Å². The van der Waals surface area contributed by atoms with E-state index in [4.69, 9.17) is 10.5 Å². The summed E-state index contributed by atoms with van der Waals surface area (Å²) in [4.78, 5) is 0. The van der Waals surface area contributed by atoms with Crippen LogP contribution >= 0.6 is 0 Å². The maximum atomic E-state index is 6.01. The van der Waals surface area contributed by atoms with E-state index in [1.54, 1.807) is 4.68 Å². The first kappa shape index (κ1) is 13.5. The minimum Gasteiger partial charge on any atom is -0.494 e. The summed E-state index contributed by atoms with van der Waals surface area (Å²) < 4.78 is 7.20. The van der Waals surface area contributed by atoms with Crippen LogP contribution in [0.15, 0.2) is 30.3 Å². The van der Waals surface area contributed by atoms with Crippen molar-refractivity contribution < 1.29 is 4.74 Å². The van der Waals surface area contributed by atoms with E-state index in [1.165, 1.54) is 0 Å². The average molecular weight is 259 g/mol. The van der Waals surface area contributed by atoms with Crippen LogP contribution in [0.3, 0.4) is 0 Å². The van der Waals surface area contributed by atoms with Crippen molar-refractivity contribution in [2.24, 2.45) is 0 Å². The second kappa shape index (κ2) is 6.27. The number of ether oxygens (including phenoxy) is 1. The van der Waals surface area contributed by atoms with Gasteiger partial charge >= 0.3 is 0 Å². The predicted molar refractivity (Wildman–Crippen MR) is 77.8 cm³/mol. The number of hydrogen-bond acceptors (Lipinski definition) is 3. The number of nitrogen functional groups attached to an aromatic ring is 1. The zero-order chi connectivity index (χ0) is 13.7. The molecule has 0 aliphatic carbocycles. The van der Waals surface area contributed by atoms with Gasteiger partial charge < -0.3 is 10.5 Å². The van der Waals surface area contributed by atoms with E-state index in [2.05, 4.69) is 12.0 Å². The molecule has 1 heterocycles. The van der Waals surface area contributed by atoms with Gasteiger partial charge in [-0.3, -0.25) is 0 Å². The Balaban J connectivity index is 2.18. The summed E-state index contributed by atoms with van der Waals surface area (Å²) in [5.41, 5.74) is 8.02. The summed E-state index contributed by atoms with van der Waals surface area (Å²) in [5, 5.41) is 4.54. The number of hydrogen-bond donors (Lipinski definition) is 1. The first-order chi connectivity index (χ1) is 9.24. The number of aryl methyl sites for hydroxylation is 1. The Morgan fingerprint density at radius 1 is 1.21 bits per heavy atom. The van der Waals surface area contributed by atoms with Crippen LogP contribution in [0.1, 0.15) is 32.4 Å². The van der Waals surface area contributed by atoms with Crippen LogP contribution in [-0.2, 0) is 6.42 Å². The Labute approximate surface area is 114 Å². The van der Waals surface area contributed by atoms with Crippen LogP contribution in [0.25, 0.3) is 5.69 Å². The largest absolute Gasteiger partial charge is 0.494 e. The fraction of sp³-hybridized carbons (Fsp3) is 0.400. The Bertz CT molecular complexity index is 517. The van der Waals surface area contributed by atoms with Crippen molar-refractivity contribution in [3.63, 3.8) is 0 Å². The molecule has 0 atom stereocenters. The molecule has 0 radical (unpaired) electrons. The summed E-state index contributed by atoms with van der Waals surface area (Å²) in [6.45, 7) is 4.82. The van der Waals surface area contributed by atoms with Crippen molar-refractivity contribution in [2.75, 3.05) is 12.3 Å². The SMILES string of the molecule is CCCCc1cc(N)n(-c2ccc(OCC)cc2)n1. The Hall–Kier alpha value is -1.97. The molecule has 0 saturated heterocycles. The zero-order valence-corrected chi connectivity index (χ0v) is 11.6. The topological polar surface area (TPSA) is 53.1 Å². The van der Waals surface area contributed by atoms with Gasteiger partial charge in [0.1, 0.15) is 11.6 Å². The molecule has 2 N–H and O–H groups in total. The third kappa shape index (κ3) is 3.28. The van der Waals surface area contributed by atoms with Gasteiger partial charge in [-0.15, -0.1) is 0 Å². The van der Waals surface area contributed by atoms with Crippen LogP contribution in [0.2, 0.25) is 0 Å². The number of nitrogens with two attached hydrogens (primary N) is 1. The summed E-state index contributed by atoms with van der Waals surface area (Å²) >= 11 is 0. The summed E-state index contributed by atoms with van der Waals surface area (Å²) in [5.74, 6) is 1.54. The average Bonchev–Trinajstić information content (AvgIpc) is 2.79. The van der Waals surface area contributed by atoms with E-state index in [9.17, 15) is 0 Å². The van der Waals surface area contributed by atoms with Crippen LogP contribution in [0, 0.1) is 0 Å². The lowest BCUT2D eigenvalue weighted by Gasteiger charge is -2.06. The lowest BCUT2D eigenvalue weighted by atomic mass is 10.2. The molecule has 0 saturated carbocycles. The van der Waals surface area contributed by atoms with Gasteiger partial charge in [-0.25, -0.2) is 4.68 Å². The molecule has 1 aromatic carbocycles. The van der Waals surface area contributed by atoms with Gasteiger partial charge in [0.05, 0.1) is 18.0 Å². The van der Waals surface area contributed by atoms with Crippen molar-refractivity contribution in [1.29, 1.82) is 0 Å². The fourth-order valence-corrected chi connectivity index (χ4v) is 1.98. The molecule has 1 aromatic heterocycles. The van der Waals surface area contributed by atoms with Crippen molar-refractivity contribution >= 4 is 5.82 Å². The zero-order valence-electron chi connectivity index (χ0n) is 11.6. The third-order valence-electron chi connectivity index (χ3n) is 2.97. The van der Waals surface area contributed by atoms with Gasteiger partial charge in [0.25, 0.3) is 0 Å². The normalized spacial score (nSPS) is 10.6. The van der Waals surface area contributed by atoms with E-state index in [1.807, 2.05) is 37.3 Å². The molecule has 0 bridgehead atoms. The summed E-state index contributed by atoms with van der Waals surface area (Å²) in [7, 11) is 0. The second-order valence-electron chi connectivity index (χ2n) is 4.50. The molecular weight excluding hydrogens is 238 g/mol. The van der Waals surface area contributed by atoms with Gasteiger partial charge in [0.2, 0.25) is 0 Å². The van der Waals surface area contributed by atoms with Crippen LogP contribution in [0.4, 0.5) is 5.82 Å². The number of rotatable bonds is 6. The molecule has 0 unspecified atom stereocenters. The highest BCUT2D eigenvalue weighted by molar-refractivity contribution is 5.44. The summed E-state index contributed by atoms with van der Waals surface area (Å²) in [6, 6.07) is 9.76. The molecular formula is C15H21N3O. The molecule has 2 rings (SSSR count). The number of nitrogens with zero attached hydrogens (tertiary/aromatic N) is 2. The maximum absolute atomic E-state index is 6.01. The van der Waals surface area contributed by atoms with Crippen molar-refractivity contribution in [1.82, 2.24) is 9.78 Å².